The van der Waals surface area contributed by atoms with E-state index in [0.29, 0.717) is 0 Å². The van der Waals surface area contributed by atoms with Gasteiger partial charge in [0.1, 0.15) is 0 Å². The highest BCUT2D eigenvalue weighted by molar-refractivity contribution is 14.1. The van der Waals surface area contributed by atoms with Crippen LogP contribution in [0.1, 0.15) is 11.1 Å². The van der Waals surface area contributed by atoms with Gasteiger partial charge in [-0.15, -0.1) is 0 Å². The van der Waals surface area contributed by atoms with Crippen molar-refractivity contribution in [3.05, 3.63) is 66.8 Å². The second-order valence-corrected chi connectivity index (χ2v) is 6.66. The third-order valence-corrected chi connectivity index (χ3v) is 4.31. The van der Waals surface area contributed by atoms with Gasteiger partial charge in [-0.25, -0.2) is 4.39 Å². The lowest BCUT2D eigenvalue weighted by atomic mass is 9.87. The van der Waals surface area contributed by atoms with Crippen LogP contribution in [-0.2, 0) is 5.67 Å². The lowest BCUT2D eigenvalue weighted by Gasteiger charge is -2.29. The topological polar surface area (TPSA) is 0 Å². The zero-order chi connectivity index (χ0) is 15.0. The van der Waals surface area contributed by atoms with E-state index in [0.717, 1.165) is 7.14 Å². The predicted molar refractivity (Wildman–Crippen MR) is 86.3 cm³/mol. The molecule has 6 heteroatoms. The van der Waals surface area contributed by atoms with Gasteiger partial charge in [0.25, 0.3) is 5.67 Å². The van der Waals surface area contributed by atoms with Crippen molar-refractivity contribution >= 4 is 45.2 Å². The molecule has 0 aliphatic carbocycles. The summed E-state index contributed by atoms with van der Waals surface area (Å²) >= 11 is 3.92. The summed E-state index contributed by atoms with van der Waals surface area (Å²) < 4.78 is 56.3. The highest BCUT2D eigenvalue weighted by Gasteiger charge is 2.58. The molecule has 0 amide bonds. The van der Waals surface area contributed by atoms with Crippen LogP contribution in [0.2, 0.25) is 0 Å². The standard InChI is InChI=1S/C14H8F4I2/c15-13(14(16,17)18,9-1-5-11(19)6-2-9)10-3-7-12(20)8-4-10/h1-8H. The van der Waals surface area contributed by atoms with Crippen LogP contribution < -0.4 is 0 Å². The molecule has 2 rings (SSSR count). The van der Waals surface area contributed by atoms with Crippen molar-refractivity contribution < 1.29 is 17.6 Å². The number of hydrogen-bond donors (Lipinski definition) is 0. The first kappa shape index (κ1) is 16.0. The van der Waals surface area contributed by atoms with E-state index < -0.39 is 23.0 Å². The van der Waals surface area contributed by atoms with Crippen molar-refractivity contribution in [3.63, 3.8) is 0 Å². The Bertz CT molecular complexity index is 543. The summed E-state index contributed by atoms with van der Waals surface area (Å²) in [6.07, 6.45) is -5.02. The van der Waals surface area contributed by atoms with Gasteiger partial charge in [0.15, 0.2) is 0 Å². The first-order valence-electron chi connectivity index (χ1n) is 5.53. The lowest BCUT2D eigenvalue weighted by molar-refractivity contribution is -0.219. The molecular formula is C14H8F4I2. The maximum absolute atomic E-state index is 14.9. The minimum absolute atomic E-state index is 0.411. The van der Waals surface area contributed by atoms with Crippen LogP contribution in [0.25, 0.3) is 0 Å². The molecule has 0 aromatic heterocycles. The molecule has 0 aliphatic heterocycles. The molecule has 20 heavy (non-hydrogen) atoms. The van der Waals surface area contributed by atoms with Crippen molar-refractivity contribution in [2.75, 3.05) is 0 Å². The molecule has 0 nitrogen and oxygen atoms in total. The molecule has 0 N–H and O–H groups in total. The zero-order valence-electron chi connectivity index (χ0n) is 9.89. The largest absolute Gasteiger partial charge is 0.431 e. The first-order valence-corrected chi connectivity index (χ1v) is 7.68. The van der Waals surface area contributed by atoms with Gasteiger partial charge in [0, 0.05) is 18.3 Å². The second kappa shape index (κ2) is 5.78. The third-order valence-electron chi connectivity index (χ3n) is 2.87. The fraction of sp³-hybridized carbons (Fsp3) is 0.143. The SMILES string of the molecule is FC(F)(F)C(F)(c1ccc(I)cc1)c1ccc(I)cc1. The Hall–Kier alpha value is -0.380. The molecule has 0 atom stereocenters. The van der Waals surface area contributed by atoms with E-state index in [1.807, 2.05) is 45.2 Å². The Morgan fingerprint density at radius 2 is 0.900 bits per heavy atom. The van der Waals surface area contributed by atoms with Crippen LogP contribution in [0.4, 0.5) is 17.6 Å². The Kier molecular flexibility index (Phi) is 4.63. The summed E-state index contributed by atoms with van der Waals surface area (Å²) in [5.41, 5.74) is -4.32. The quantitative estimate of drug-likeness (QED) is 0.364. The van der Waals surface area contributed by atoms with Gasteiger partial charge < -0.3 is 0 Å². The molecule has 2 aromatic carbocycles. The molecule has 0 saturated heterocycles. The molecule has 0 unspecified atom stereocenters. The van der Waals surface area contributed by atoms with Crippen LogP contribution in [0.15, 0.2) is 48.5 Å². The molecule has 0 bridgehead atoms. The van der Waals surface area contributed by atoms with Crippen LogP contribution >= 0.6 is 45.2 Å². The minimum atomic E-state index is -5.02. The summed E-state index contributed by atoms with van der Waals surface area (Å²) in [6, 6.07) is 10.5. The smallest absolute Gasteiger partial charge is 0.223 e. The van der Waals surface area contributed by atoms with Crippen molar-refractivity contribution in [2.45, 2.75) is 11.8 Å². The van der Waals surface area contributed by atoms with Crippen molar-refractivity contribution in [2.24, 2.45) is 0 Å². The van der Waals surface area contributed by atoms with Crippen molar-refractivity contribution in [1.29, 1.82) is 0 Å². The summed E-state index contributed by atoms with van der Waals surface area (Å²) in [4.78, 5) is 0. The summed E-state index contributed by atoms with van der Waals surface area (Å²) in [5, 5.41) is 0. The maximum atomic E-state index is 14.9. The Labute approximate surface area is 140 Å². The number of halogens is 6. The number of hydrogen-bond acceptors (Lipinski definition) is 0. The van der Waals surface area contributed by atoms with Gasteiger partial charge in [0.05, 0.1) is 0 Å². The van der Waals surface area contributed by atoms with E-state index >= 15 is 0 Å². The van der Waals surface area contributed by atoms with Gasteiger partial charge in [-0.3, -0.25) is 0 Å². The molecule has 106 valence electrons. The van der Waals surface area contributed by atoms with E-state index in [1.165, 1.54) is 48.5 Å². The third kappa shape index (κ3) is 2.95. The van der Waals surface area contributed by atoms with Crippen LogP contribution in [0, 0.1) is 7.14 Å². The Morgan fingerprint density at radius 3 is 1.15 bits per heavy atom. The summed E-state index contributed by atoms with van der Waals surface area (Å²) in [7, 11) is 0. The molecular weight excluding hydrogens is 498 g/mol. The second-order valence-electron chi connectivity index (χ2n) is 4.17. The summed E-state index contributed by atoms with van der Waals surface area (Å²) in [5.74, 6) is 0. The molecule has 0 heterocycles. The fourth-order valence-electron chi connectivity index (χ4n) is 1.85. The van der Waals surface area contributed by atoms with E-state index in [-0.39, 0.29) is 0 Å². The number of rotatable bonds is 2. The minimum Gasteiger partial charge on any atom is -0.223 e. The zero-order valence-corrected chi connectivity index (χ0v) is 14.2. The van der Waals surface area contributed by atoms with Crippen molar-refractivity contribution in [3.8, 4) is 0 Å². The molecule has 0 saturated carbocycles. The van der Waals surface area contributed by atoms with Gasteiger partial charge in [-0.1, -0.05) is 24.3 Å². The van der Waals surface area contributed by atoms with Gasteiger partial charge >= 0.3 is 6.18 Å². The average molecular weight is 506 g/mol. The lowest BCUT2D eigenvalue weighted by Crippen LogP contribution is -2.39. The monoisotopic (exact) mass is 506 g/mol. The maximum Gasteiger partial charge on any atom is 0.431 e. The first-order chi connectivity index (χ1) is 9.25. The Balaban J connectivity index is 2.62. The highest BCUT2D eigenvalue weighted by atomic mass is 127. The van der Waals surface area contributed by atoms with Crippen molar-refractivity contribution in [1.82, 2.24) is 0 Å². The van der Waals surface area contributed by atoms with Crippen LogP contribution in [-0.4, -0.2) is 6.18 Å². The summed E-state index contributed by atoms with van der Waals surface area (Å²) in [6.45, 7) is 0. The molecule has 0 aliphatic rings. The number of benzene rings is 2. The van der Waals surface area contributed by atoms with Crippen LogP contribution in [0.5, 0.6) is 0 Å². The van der Waals surface area contributed by atoms with E-state index in [1.54, 1.807) is 0 Å². The normalized spacial score (nSPS) is 12.5. The van der Waals surface area contributed by atoms with E-state index in [2.05, 4.69) is 0 Å². The van der Waals surface area contributed by atoms with Gasteiger partial charge in [-0.05, 0) is 69.4 Å². The van der Waals surface area contributed by atoms with Gasteiger partial charge in [0.2, 0.25) is 0 Å². The van der Waals surface area contributed by atoms with Gasteiger partial charge in [-0.2, -0.15) is 13.2 Å². The molecule has 0 spiro atoms. The highest BCUT2D eigenvalue weighted by Crippen LogP contribution is 2.47. The fourth-order valence-corrected chi connectivity index (χ4v) is 2.57. The van der Waals surface area contributed by atoms with E-state index in [9.17, 15) is 17.6 Å². The predicted octanol–water partition coefficient (Wildman–Crippen LogP) is 5.67. The molecule has 0 radical (unpaired) electrons. The number of alkyl halides is 4. The van der Waals surface area contributed by atoms with E-state index in [4.69, 9.17) is 0 Å². The molecule has 2 aromatic rings. The average Bonchev–Trinajstić information content (AvgIpc) is 2.38. The molecule has 0 fully saturated rings. The Morgan fingerprint density at radius 1 is 0.600 bits per heavy atom. The van der Waals surface area contributed by atoms with Crippen LogP contribution in [0.3, 0.4) is 0 Å².